The van der Waals surface area contributed by atoms with Crippen LogP contribution < -0.4 is 16.4 Å². The van der Waals surface area contributed by atoms with Gasteiger partial charge < -0.3 is 4.98 Å². The number of carbonyl (C=O) groups excluding carboxylic acids is 2. The lowest BCUT2D eigenvalue weighted by Crippen LogP contribution is -2.45. The third-order valence-corrected chi connectivity index (χ3v) is 6.87. The minimum absolute atomic E-state index is 0.0586. The average Bonchev–Trinajstić information content (AvgIpc) is 3.42. The molecule has 0 saturated carbocycles. The maximum atomic E-state index is 12.7. The highest BCUT2D eigenvalue weighted by atomic mass is 32.2. The summed E-state index contributed by atoms with van der Waals surface area (Å²) in [7, 11) is 0. The first kappa shape index (κ1) is 22.7. The normalized spacial score (nSPS) is 11.9. The molecule has 4 rings (SSSR count). The van der Waals surface area contributed by atoms with E-state index in [1.807, 2.05) is 42.6 Å². The molecule has 4 N–H and O–H groups in total. The Hall–Kier alpha value is -3.44. The molecule has 170 valence electrons. The van der Waals surface area contributed by atoms with E-state index < -0.39 is 5.25 Å². The lowest BCUT2D eigenvalue weighted by molar-refractivity contribution is -0.128. The number of H-pyrrole nitrogens is 2. The number of aromatic nitrogens is 4. The van der Waals surface area contributed by atoms with Crippen LogP contribution in [0.3, 0.4) is 0 Å². The summed E-state index contributed by atoms with van der Waals surface area (Å²) in [5, 5.41) is 8.79. The number of benzene rings is 1. The maximum Gasteiger partial charge on any atom is 0.260 e. The van der Waals surface area contributed by atoms with Crippen molar-refractivity contribution < 1.29 is 9.59 Å². The molecular weight excluding hydrogens is 460 g/mol. The number of hydrogen-bond acceptors (Lipinski definition) is 7. The summed E-state index contributed by atoms with van der Waals surface area (Å²) in [5.41, 5.74) is 7.89. The number of rotatable bonds is 7. The van der Waals surface area contributed by atoms with Crippen LogP contribution in [0.4, 0.5) is 0 Å². The number of hydrogen-bond donors (Lipinski definition) is 4. The molecule has 1 atom stereocenters. The van der Waals surface area contributed by atoms with Crippen LogP contribution in [0.5, 0.6) is 0 Å². The largest absolute Gasteiger partial charge is 0.309 e. The van der Waals surface area contributed by atoms with Crippen LogP contribution in [0.2, 0.25) is 0 Å². The molecule has 0 aliphatic rings. The van der Waals surface area contributed by atoms with Gasteiger partial charge in [-0.15, -0.1) is 23.1 Å². The Bertz CT molecular complexity index is 1350. The lowest BCUT2D eigenvalue weighted by atomic mass is 10.1. The van der Waals surface area contributed by atoms with Gasteiger partial charge in [0.25, 0.3) is 11.5 Å². The van der Waals surface area contributed by atoms with E-state index in [2.05, 4.69) is 31.0 Å². The molecule has 33 heavy (non-hydrogen) atoms. The van der Waals surface area contributed by atoms with Crippen molar-refractivity contribution in [1.29, 1.82) is 0 Å². The second-order valence-electron chi connectivity index (χ2n) is 7.42. The fourth-order valence-electron chi connectivity index (χ4n) is 3.18. The predicted octanol–water partition coefficient (Wildman–Crippen LogP) is 2.69. The molecule has 0 radical (unpaired) electrons. The summed E-state index contributed by atoms with van der Waals surface area (Å²) in [6, 6.07) is 11.5. The van der Waals surface area contributed by atoms with Crippen LogP contribution in [-0.2, 0) is 21.8 Å². The molecule has 1 unspecified atom stereocenters. The van der Waals surface area contributed by atoms with Gasteiger partial charge >= 0.3 is 0 Å². The highest BCUT2D eigenvalue weighted by Gasteiger charge is 2.17. The Kier molecular flexibility index (Phi) is 6.90. The van der Waals surface area contributed by atoms with E-state index in [4.69, 9.17) is 0 Å². The van der Waals surface area contributed by atoms with E-state index in [1.165, 1.54) is 23.1 Å². The number of nitrogens with zero attached hydrogens (tertiary/aromatic N) is 2. The van der Waals surface area contributed by atoms with Crippen LogP contribution in [0.15, 0.2) is 46.6 Å². The van der Waals surface area contributed by atoms with Gasteiger partial charge in [-0.1, -0.05) is 30.3 Å². The van der Waals surface area contributed by atoms with Gasteiger partial charge in [-0.25, -0.2) is 4.98 Å². The first-order valence-electron chi connectivity index (χ1n) is 10.2. The van der Waals surface area contributed by atoms with Crippen molar-refractivity contribution in [2.24, 2.45) is 0 Å². The zero-order chi connectivity index (χ0) is 23.4. The van der Waals surface area contributed by atoms with Gasteiger partial charge in [0.1, 0.15) is 10.7 Å². The van der Waals surface area contributed by atoms with Gasteiger partial charge in [0.2, 0.25) is 5.91 Å². The number of thioether (sulfide) groups is 1. The molecule has 1 aromatic carbocycles. The topological polar surface area (TPSA) is 133 Å². The monoisotopic (exact) mass is 482 g/mol. The summed E-state index contributed by atoms with van der Waals surface area (Å²) in [6.07, 6.45) is 0.0586. The summed E-state index contributed by atoms with van der Waals surface area (Å²) < 4.78 is 0. The van der Waals surface area contributed by atoms with Gasteiger partial charge in [-0.05, 0) is 25.5 Å². The first-order chi connectivity index (χ1) is 15.9. The zero-order valence-electron chi connectivity index (χ0n) is 18.0. The van der Waals surface area contributed by atoms with Gasteiger partial charge in [0.05, 0.1) is 28.5 Å². The number of nitrogens with one attached hydrogen (secondary N) is 4. The highest BCUT2D eigenvalue weighted by Crippen LogP contribution is 2.30. The van der Waals surface area contributed by atoms with Gasteiger partial charge in [-0.2, -0.15) is 5.10 Å². The molecule has 4 aromatic rings. The van der Waals surface area contributed by atoms with Crippen molar-refractivity contribution in [3.8, 4) is 11.1 Å². The van der Waals surface area contributed by atoms with E-state index in [1.54, 1.807) is 13.0 Å². The van der Waals surface area contributed by atoms with Crippen LogP contribution in [0.25, 0.3) is 21.3 Å². The Morgan fingerprint density at radius 1 is 1.21 bits per heavy atom. The highest BCUT2D eigenvalue weighted by molar-refractivity contribution is 7.99. The van der Waals surface area contributed by atoms with Gasteiger partial charge in [0.15, 0.2) is 0 Å². The third kappa shape index (κ3) is 5.49. The maximum absolute atomic E-state index is 12.7. The van der Waals surface area contributed by atoms with Crippen molar-refractivity contribution in [1.82, 2.24) is 31.0 Å². The molecule has 0 bridgehead atoms. The number of thiophene rings is 1. The molecule has 3 heterocycles. The fraction of sp³-hybridized carbons (Fsp3) is 0.227. The van der Waals surface area contributed by atoms with Crippen molar-refractivity contribution >= 4 is 45.1 Å². The molecule has 2 amide bonds. The van der Waals surface area contributed by atoms with E-state index in [-0.39, 0.29) is 23.8 Å². The van der Waals surface area contributed by atoms with Crippen LogP contribution >= 0.6 is 23.1 Å². The number of aromatic amines is 2. The second kappa shape index (κ2) is 10.0. The van der Waals surface area contributed by atoms with Crippen molar-refractivity contribution in [3.63, 3.8) is 0 Å². The Morgan fingerprint density at radius 2 is 2.00 bits per heavy atom. The van der Waals surface area contributed by atoms with E-state index in [0.717, 1.165) is 16.8 Å². The average molecular weight is 483 g/mol. The molecule has 9 nitrogen and oxygen atoms in total. The molecule has 0 aliphatic heterocycles. The summed E-state index contributed by atoms with van der Waals surface area (Å²) in [5.74, 6) is 0.128. The molecule has 0 aliphatic carbocycles. The van der Waals surface area contributed by atoms with Crippen LogP contribution in [0.1, 0.15) is 24.1 Å². The van der Waals surface area contributed by atoms with E-state index >= 15 is 0 Å². The Labute approximate surface area is 197 Å². The minimum atomic E-state index is -0.470. The quantitative estimate of drug-likeness (QED) is 0.299. The van der Waals surface area contributed by atoms with Gasteiger partial charge in [0, 0.05) is 16.6 Å². The van der Waals surface area contributed by atoms with E-state index in [0.29, 0.717) is 27.5 Å². The number of aryl methyl sites for hydroxylation is 1. The molecule has 0 saturated heterocycles. The smallest absolute Gasteiger partial charge is 0.260 e. The third-order valence-electron chi connectivity index (χ3n) is 4.84. The lowest BCUT2D eigenvalue weighted by Gasteiger charge is -2.12. The van der Waals surface area contributed by atoms with Gasteiger partial charge in [-0.3, -0.25) is 30.3 Å². The van der Waals surface area contributed by atoms with Crippen molar-refractivity contribution in [2.45, 2.75) is 31.3 Å². The summed E-state index contributed by atoms with van der Waals surface area (Å²) >= 11 is 2.72. The van der Waals surface area contributed by atoms with Crippen molar-refractivity contribution in [2.75, 3.05) is 0 Å². The standard InChI is InChI=1S/C22H22N6O3S2/c1-12-8-15(26-25-12)9-18(29)27-28-20(30)13(2)32-11-17-23-21(31)19-16(10-33-22(19)24-17)14-6-4-3-5-7-14/h3-8,10,13H,9,11H2,1-2H3,(H,25,26)(H,27,29)(H,28,30)(H,23,24,31). The number of fused-ring (bicyclic) bond motifs is 1. The Morgan fingerprint density at radius 3 is 2.73 bits per heavy atom. The predicted molar refractivity (Wildman–Crippen MR) is 130 cm³/mol. The van der Waals surface area contributed by atoms with Crippen LogP contribution in [0, 0.1) is 6.92 Å². The SMILES string of the molecule is Cc1cc(CC(=O)NNC(=O)C(C)SCc2nc3scc(-c4ccccc4)c3c(=O)[nH]2)n[nH]1. The second-order valence-corrected chi connectivity index (χ2v) is 9.61. The van der Waals surface area contributed by atoms with Crippen molar-refractivity contribution in [3.05, 3.63) is 69.3 Å². The Balaban J connectivity index is 1.33. The summed E-state index contributed by atoms with van der Waals surface area (Å²) in [4.78, 5) is 45.0. The fourth-order valence-corrected chi connectivity index (χ4v) is 4.90. The molecule has 0 spiro atoms. The zero-order valence-corrected chi connectivity index (χ0v) is 19.6. The minimum Gasteiger partial charge on any atom is -0.309 e. The number of amides is 2. The molecule has 3 aromatic heterocycles. The van der Waals surface area contributed by atoms with Crippen LogP contribution in [-0.4, -0.2) is 37.2 Å². The van der Waals surface area contributed by atoms with E-state index in [9.17, 15) is 14.4 Å². The molecule has 0 fully saturated rings. The summed E-state index contributed by atoms with van der Waals surface area (Å²) in [6.45, 7) is 3.56. The first-order valence-corrected chi connectivity index (χ1v) is 12.1. The number of carbonyl (C=O) groups is 2. The number of hydrazine groups is 1. The molecular formula is C22H22N6O3S2. The molecule has 11 heteroatoms.